The van der Waals surface area contributed by atoms with Crippen molar-refractivity contribution in [3.05, 3.63) is 66.0 Å². The normalized spacial score (nSPS) is 23.8. The Kier molecular flexibility index (Phi) is 8.76. The van der Waals surface area contributed by atoms with Gasteiger partial charge in [0.15, 0.2) is 0 Å². The molecule has 208 valence electrons. The standard InChI is InChI=1S/C30H38FN5O3/c31-24-8-10-25(11-9-24)35-19-17-34(18-20-35)15-4-14-32-28(37)23-7-12-26-27(21-23)33-30(39)36(29(26)38)16-13-22-5-2-1-3-6-22/h1-3,5-6,8-11,23,26-27H,4,7,12-21H2,(H,32,37)(H,33,39). The number of nitrogens with zero attached hydrogens (tertiary/aromatic N) is 3. The molecule has 2 saturated heterocycles. The predicted octanol–water partition coefficient (Wildman–Crippen LogP) is 3.03. The SMILES string of the molecule is O=C(NCCCN1CCN(c2ccc(F)cc2)CC1)C1CCC2C(=O)N(CCc3ccccc3)C(=O)NC2C1. The van der Waals surface area contributed by atoms with Crippen LogP contribution >= 0.6 is 0 Å². The van der Waals surface area contributed by atoms with Gasteiger partial charge in [-0.3, -0.25) is 19.4 Å². The Bertz CT molecular complexity index is 1140. The first-order valence-electron chi connectivity index (χ1n) is 14.1. The molecule has 0 bridgehead atoms. The second-order valence-electron chi connectivity index (χ2n) is 10.8. The summed E-state index contributed by atoms with van der Waals surface area (Å²) in [5.74, 6) is -0.753. The third kappa shape index (κ3) is 6.76. The average Bonchev–Trinajstić information content (AvgIpc) is 2.96. The number of carbonyl (C=O) groups excluding carboxylic acids is 3. The number of imide groups is 1. The minimum atomic E-state index is -0.349. The molecule has 3 aliphatic rings. The zero-order chi connectivity index (χ0) is 27.2. The number of halogens is 1. The maximum absolute atomic E-state index is 13.2. The van der Waals surface area contributed by atoms with Gasteiger partial charge in [0.05, 0.1) is 5.92 Å². The summed E-state index contributed by atoms with van der Waals surface area (Å²) in [5, 5.41) is 6.08. The molecule has 2 aliphatic heterocycles. The maximum atomic E-state index is 13.2. The van der Waals surface area contributed by atoms with Gasteiger partial charge in [0.2, 0.25) is 11.8 Å². The lowest BCUT2D eigenvalue weighted by atomic mass is 9.76. The molecule has 0 radical (unpaired) electrons. The molecule has 2 N–H and O–H groups in total. The number of benzene rings is 2. The Morgan fingerprint density at radius 1 is 0.949 bits per heavy atom. The Morgan fingerprint density at radius 2 is 1.69 bits per heavy atom. The molecule has 4 amide bonds. The highest BCUT2D eigenvalue weighted by atomic mass is 19.1. The van der Waals surface area contributed by atoms with Crippen molar-refractivity contribution in [2.45, 2.75) is 38.1 Å². The molecule has 1 aliphatic carbocycles. The summed E-state index contributed by atoms with van der Waals surface area (Å²) < 4.78 is 13.2. The van der Waals surface area contributed by atoms with Gasteiger partial charge in [-0.25, -0.2) is 9.18 Å². The van der Waals surface area contributed by atoms with Crippen LogP contribution in [0.1, 0.15) is 31.2 Å². The van der Waals surface area contributed by atoms with Crippen molar-refractivity contribution in [2.24, 2.45) is 11.8 Å². The summed E-state index contributed by atoms with van der Waals surface area (Å²) in [6.07, 6.45) is 3.28. The summed E-state index contributed by atoms with van der Waals surface area (Å²) >= 11 is 0. The lowest BCUT2D eigenvalue weighted by molar-refractivity contribution is -0.139. The van der Waals surface area contributed by atoms with E-state index in [0.29, 0.717) is 38.8 Å². The van der Waals surface area contributed by atoms with Crippen LogP contribution in [0.5, 0.6) is 0 Å². The molecule has 0 spiro atoms. The highest BCUT2D eigenvalue weighted by Crippen LogP contribution is 2.33. The molecule has 2 heterocycles. The van der Waals surface area contributed by atoms with E-state index in [1.54, 1.807) is 0 Å². The first kappa shape index (κ1) is 27.1. The number of amides is 4. The monoisotopic (exact) mass is 535 g/mol. The molecule has 3 fully saturated rings. The van der Waals surface area contributed by atoms with Crippen molar-refractivity contribution >= 4 is 23.5 Å². The van der Waals surface area contributed by atoms with E-state index >= 15 is 0 Å². The van der Waals surface area contributed by atoms with Crippen molar-refractivity contribution in [2.75, 3.05) is 50.7 Å². The molecular weight excluding hydrogens is 497 g/mol. The fraction of sp³-hybridized carbons (Fsp3) is 0.500. The maximum Gasteiger partial charge on any atom is 0.324 e. The Hall–Kier alpha value is -3.46. The number of piperazine rings is 1. The van der Waals surface area contributed by atoms with E-state index in [4.69, 9.17) is 0 Å². The van der Waals surface area contributed by atoms with Crippen molar-refractivity contribution < 1.29 is 18.8 Å². The van der Waals surface area contributed by atoms with E-state index < -0.39 is 0 Å². The van der Waals surface area contributed by atoms with Crippen LogP contribution in [-0.4, -0.2) is 79.5 Å². The minimum Gasteiger partial charge on any atom is -0.369 e. The molecule has 39 heavy (non-hydrogen) atoms. The summed E-state index contributed by atoms with van der Waals surface area (Å²) in [6.45, 7) is 5.56. The van der Waals surface area contributed by atoms with Crippen molar-refractivity contribution in [3.63, 3.8) is 0 Å². The number of hydrogen-bond donors (Lipinski definition) is 2. The third-order valence-electron chi connectivity index (χ3n) is 8.34. The second kappa shape index (κ2) is 12.6. The summed E-state index contributed by atoms with van der Waals surface area (Å²) in [5.41, 5.74) is 2.14. The second-order valence-corrected chi connectivity index (χ2v) is 10.8. The van der Waals surface area contributed by atoms with Crippen LogP contribution in [-0.2, 0) is 16.0 Å². The molecule has 0 aromatic heterocycles. The lowest BCUT2D eigenvalue weighted by Gasteiger charge is -2.42. The van der Waals surface area contributed by atoms with Crippen molar-refractivity contribution in [1.29, 1.82) is 0 Å². The number of anilines is 1. The minimum absolute atomic E-state index is 0.0165. The summed E-state index contributed by atoms with van der Waals surface area (Å²) in [4.78, 5) is 44.7. The van der Waals surface area contributed by atoms with Crippen LogP contribution in [0.25, 0.3) is 0 Å². The molecule has 1 saturated carbocycles. The summed E-state index contributed by atoms with van der Waals surface area (Å²) in [6, 6.07) is 15.9. The van der Waals surface area contributed by atoms with Gasteiger partial charge in [0.25, 0.3) is 0 Å². The van der Waals surface area contributed by atoms with E-state index in [1.165, 1.54) is 17.0 Å². The van der Waals surface area contributed by atoms with Crippen LogP contribution < -0.4 is 15.5 Å². The summed E-state index contributed by atoms with van der Waals surface area (Å²) in [7, 11) is 0. The van der Waals surface area contributed by atoms with Crippen LogP contribution in [0.15, 0.2) is 54.6 Å². The number of rotatable bonds is 9. The van der Waals surface area contributed by atoms with Gasteiger partial charge in [-0.05, 0) is 68.5 Å². The fourth-order valence-corrected chi connectivity index (χ4v) is 6.04. The van der Waals surface area contributed by atoms with Gasteiger partial charge in [-0.15, -0.1) is 0 Å². The topological polar surface area (TPSA) is 85.0 Å². The van der Waals surface area contributed by atoms with E-state index in [2.05, 4.69) is 20.4 Å². The highest BCUT2D eigenvalue weighted by molar-refractivity contribution is 5.99. The van der Waals surface area contributed by atoms with Crippen LogP contribution in [0.2, 0.25) is 0 Å². The lowest BCUT2D eigenvalue weighted by Crippen LogP contribution is -2.62. The molecular formula is C30H38FN5O3. The van der Waals surface area contributed by atoms with Gasteiger partial charge >= 0.3 is 6.03 Å². The smallest absolute Gasteiger partial charge is 0.324 e. The zero-order valence-corrected chi connectivity index (χ0v) is 22.4. The number of hydrogen-bond acceptors (Lipinski definition) is 5. The molecule has 8 nitrogen and oxygen atoms in total. The van der Waals surface area contributed by atoms with Gasteiger partial charge in [-0.2, -0.15) is 0 Å². The Balaban J connectivity index is 1.00. The van der Waals surface area contributed by atoms with Gasteiger partial charge in [-0.1, -0.05) is 30.3 Å². The molecule has 2 aromatic rings. The molecule has 3 atom stereocenters. The number of urea groups is 1. The number of carbonyl (C=O) groups is 3. The highest BCUT2D eigenvalue weighted by Gasteiger charge is 2.45. The predicted molar refractivity (Wildman–Crippen MR) is 148 cm³/mol. The Labute approximate surface area is 229 Å². The number of fused-ring (bicyclic) bond motifs is 1. The van der Waals surface area contributed by atoms with Gasteiger partial charge < -0.3 is 15.5 Å². The molecule has 3 unspecified atom stereocenters. The average molecular weight is 536 g/mol. The fourth-order valence-electron chi connectivity index (χ4n) is 6.04. The van der Waals surface area contributed by atoms with Crippen molar-refractivity contribution in [1.82, 2.24) is 20.4 Å². The van der Waals surface area contributed by atoms with E-state index in [0.717, 1.165) is 50.4 Å². The Morgan fingerprint density at radius 3 is 2.44 bits per heavy atom. The molecule has 2 aromatic carbocycles. The van der Waals surface area contributed by atoms with Crippen LogP contribution in [0.4, 0.5) is 14.9 Å². The first-order valence-corrected chi connectivity index (χ1v) is 14.1. The largest absolute Gasteiger partial charge is 0.369 e. The van der Waals surface area contributed by atoms with Gasteiger partial charge in [0, 0.05) is 56.9 Å². The van der Waals surface area contributed by atoms with Crippen LogP contribution in [0.3, 0.4) is 0 Å². The quantitative estimate of drug-likeness (QED) is 0.483. The van der Waals surface area contributed by atoms with Crippen molar-refractivity contribution in [3.8, 4) is 0 Å². The molecule has 9 heteroatoms. The van der Waals surface area contributed by atoms with E-state index in [-0.39, 0.29) is 41.5 Å². The van der Waals surface area contributed by atoms with Crippen LogP contribution in [0, 0.1) is 17.7 Å². The number of nitrogens with one attached hydrogen (secondary N) is 2. The molecule has 5 rings (SSSR count). The first-order chi connectivity index (χ1) is 19.0. The van der Waals surface area contributed by atoms with E-state index in [9.17, 15) is 18.8 Å². The van der Waals surface area contributed by atoms with Gasteiger partial charge in [0.1, 0.15) is 5.82 Å². The zero-order valence-electron chi connectivity index (χ0n) is 22.4. The van der Waals surface area contributed by atoms with E-state index in [1.807, 2.05) is 42.5 Å². The third-order valence-corrected chi connectivity index (χ3v) is 8.34.